The Morgan fingerprint density at radius 3 is 2.55 bits per heavy atom. The van der Waals surface area contributed by atoms with Gasteiger partial charge in [-0.25, -0.2) is 0 Å². The van der Waals surface area contributed by atoms with Crippen LogP contribution in [-0.2, 0) is 12.8 Å². The number of hydrogen-bond donors (Lipinski definition) is 1. The van der Waals surface area contributed by atoms with E-state index in [0.29, 0.717) is 17.7 Å². The molecular weight excluding hydrogens is 276 g/mol. The van der Waals surface area contributed by atoms with Crippen molar-refractivity contribution in [3.8, 4) is 0 Å². The summed E-state index contributed by atoms with van der Waals surface area (Å²) in [6.07, 6.45) is 2.34. The van der Waals surface area contributed by atoms with Crippen LogP contribution in [0.15, 0.2) is 29.1 Å². The Kier molecular flexibility index (Phi) is 4.81. The molecule has 1 N–H and O–H groups in total. The van der Waals surface area contributed by atoms with Gasteiger partial charge in [-0.1, -0.05) is 25.1 Å². The van der Waals surface area contributed by atoms with Gasteiger partial charge in [-0.3, -0.25) is 9.59 Å². The molecule has 1 aromatic heterocycles. The van der Waals surface area contributed by atoms with E-state index in [1.165, 1.54) is 5.56 Å². The highest BCUT2D eigenvalue weighted by Crippen LogP contribution is 2.24. The van der Waals surface area contributed by atoms with Gasteiger partial charge >= 0.3 is 0 Å². The fourth-order valence-electron chi connectivity index (χ4n) is 2.93. The Hall–Kier alpha value is -2.36. The van der Waals surface area contributed by atoms with Crippen molar-refractivity contribution in [3.05, 3.63) is 62.6 Å². The lowest BCUT2D eigenvalue weighted by Crippen LogP contribution is -2.25. The number of aldehydes is 1. The third-order valence-corrected chi connectivity index (χ3v) is 3.89. The summed E-state index contributed by atoms with van der Waals surface area (Å²) in [5, 5.41) is 0. The van der Waals surface area contributed by atoms with Crippen molar-refractivity contribution in [2.45, 2.75) is 26.7 Å². The van der Waals surface area contributed by atoms with Crippen LogP contribution >= 0.6 is 0 Å². The number of aryl methyl sites for hydroxylation is 1. The number of nitrogens with one attached hydrogen (secondary N) is 1. The van der Waals surface area contributed by atoms with Crippen molar-refractivity contribution in [2.75, 3.05) is 19.0 Å². The molecule has 0 spiro atoms. The fraction of sp³-hybridized carbons (Fsp3) is 0.333. The molecule has 0 aliphatic rings. The van der Waals surface area contributed by atoms with E-state index in [1.807, 2.05) is 44.1 Å². The molecule has 0 fully saturated rings. The van der Waals surface area contributed by atoms with Gasteiger partial charge in [0.15, 0.2) is 0 Å². The summed E-state index contributed by atoms with van der Waals surface area (Å²) in [6, 6.07) is 7.53. The number of rotatable bonds is 5. The van der Waals surface area contributed by atoms with Crippen LogP contribution in [0.2, 0.25) is 0 Å². The zero-order valence-corrected chi connectivity index (χ0v) is 13.6. The van der Waals surface area contributed by atoms with Crippen LogP contribution < -0.4 is 10.5 Å². The smallest absolute Gasteiger partial charge is 0.271 e. The molecule has 0 aliphatic heterocycles. The van der Waals surface area contributed by atoms with E-state index in [9.17, 15) is 9.59 Å². The van der Waals surface area contributed by atoms with E-state index in [2.05, 4.69) is 11.9 Å². The van der Waals surface area contributed by atoms with Crippen LogP contribution in [0.3, 0.4) is 0 Å². The van der Waals surface area contributed by atoms with E-state index in [0.717, 1.165) is 29.5 Å². The summed E-state index contributed by atoms with van der Waals surface area (Å²) < 4.78 is 0. The van der Waals surface area contributed by atoms with E-state index in [1.54, 1.807) is 6.07 Å². The largest absolute Gasteiger partial charge is 0.373 e. The van der Waals surface area contributed by atoms with Gasteiger partial charge in [0.25, 0.3) is 5.56 Å². The third-order valence-electron chi connectivity index (χ3n) is 3.89. The Morgan fingerprint density at radius 2 is 1.95 bits per heavy atom. The number of hydrogen-bond acceptors (Lipinski definition) is 3. The number of carbonyl (C=O) groups excluding carboxylic acids is 1. The first-order valence-electron chi connectivity index (χ1n) is 7.44. The maximum atomic E-state index is 12.3. The van der Waals surface area contributed by atoms with Gasteiger partial charge in [0, 0.05) is 31.8 Å². The standard InChI is InChI=1S/C18H22N2O2/c1-5-15-12(2)19-18(22)17(20(3)4)16(15)10-13-7-6-8-14(9-13)11-21/h6-9,11H,5,10H2,1-4H3,(H,19,22). The van der Waals surface area contributed by atoms with Crippen LogP contribution in [0.5, 0.6) is 0 Å². The second-order valence-electron chi connectivity index (χ2n) is 5.67. The van der Waals surface area contributed by atoms with Gasteiger partial charge in [0.1, 0.15) is 12.0 Å². The predicted octanol–water partition coefficient (Wildman–Crippen LogP) is 2.72. The van der Waals surface area contributed by atoms with Crippen LogP contribution in [-0.4, -0.2) is 25.4 Å². The van der Waals surface area contributed by atoms with Crippen molar-refractivity contribution in [1.82, 2.24) is 4.98 Å². The van der Waals surface area contributed by atoms with Crippen LogP contribution in [0.4, 0.5) is 5.69 Å². The second kappa shape index (κ2) is 6.60. The van der Waals surface area contributed by atoms with Crippen molar-refractivity contribution in [3.63, 3.8) is 0 Å². The van der Waals surface area contributed by atoms with Gasteiger partial charge in [-0.05, 0) is 36.1 Å². The van der Waals surface area contributed by atoms with Crippen molar-refractivity contribution in [1.29, 1.82) is 0 Å². The predicted molar refractivity (Wildman–Crippen MR) is 90.1 cm³/mol. The molecule has 0 saturated carbocycles. The van der Waals surface area contributed by atoms with Gasteiger partial charge < -0.3 is 9.88 Å². The topological polar surface area (TPSA) is 53.2 Å². The molecule has 2 rings (SSSR count). The van der Waals surface area contributed by atoms with Gasteiger partial charge in [-0.15, -0.1) is 0 Å². The maximum Gasteiger partial charge on any atom is 0.271 e. The molecular formula is C18H22N2O2. The van der Waals surface area contributed by atoms with E-state index in [-0.39, 0.29) is 5.56 Å². The quantitative estimate of drug-likeness (QED) is 0.864. The average molecular weight is 298 g/mol. The Balaban J connectivity index is 2.61. The highest BCUT2D eigenvalue weighted by molar-refractivity contribution is 5.75. The van der Waals surface area contributed by atoms with Crippen LogP contribution in [0, 0.1) is 6.92 Å². The minimum Gasteiger partial charge on any atom is -0.373 e. The van der Waals surface area contributed by atoms with Gasteiger partial charge in [-0.2, -0.15) is 0 Å². The van der Waals surface area contributed by atoms with Crippen molar-refractivity contribution < 1.29 is 4.79 Å². The lowest BCUT2D eigenvalue weighted by molar-refractivity contribution is 0.112. The van der Waals surface area contributed by atoms with E-state index in [4.69, 9.17) is 0 Å². The van der Waals surface area contributed by atoms with Crippen molar-refractivity contribution >= 4 is 12.0 Å². The Bertz CT molecular complexity index is 745. The van der Waals surface area contributed by atoms with Crippen molar-refractivity contribution in [2.24, 2.45) is 0 Å². The SMILES string of the molecule is CCc1c(C)[nH]c(=O)c(N(C)C)c1Cc1cccc(C=O)c1. The Morgan fingerprint density at radius 1 is 1.23 bits per heavy atom. The molecule has 4 heteroatoms. The number of aromatic nitrogens is 1. The molecule has 0 amide bonds. The average Bonchev–Trinajstić information content (AvgIpc) is 2.47. The maximum absolute atomic E-state index is 12.3. The monoisotopic (exact) mass is 298 g/mol. The lowest BCUT2D eigenvalue weighted by atomic mass is 9.95. The fourth-order valence-corrected chi connectivity index (χ4v) is 2.93. The molecule has 0 aliphatic carbocycles. The van der Waals surface area contributed by atoms with Gasteiger partial charge in [0.05, 0.1) is 0 Å². The summed E-state index contributed by atoms with van der Waals surface area (Å²) in [5.41, 5.74) is 5.44. The summed E-state index contributed by atoms with van der Waals surface area (Å²) in [6.45, 7) is 4.02. The summed E-state index contributed by atoms with van der Waals surface area (Å²) in [5.74, 6) is 0. The third kappa shape index (κ3) is 3.11. The summed E-state index contributed by atoms with van der Waals surface area (Å²) >= 11 is 0. The molecule has 0 atom stereocenters. The zero-order valence-electron chi connectivity index (χ0n) is 13.6. The number of anilines is 1. The van der Waals surface area contributed by atoms with Gasteiger partial charge in [0.2, 0.25) is 0 Å². The molecule has 4 nitrogen and oxygen atoms in total. The molecule has 1 aromatic carbocycles. The normalized spacial score (nSPS) is 10.5. The molecule has 0 radical (unpaired) electrons. The molecule has 22 heavy (non-hydrogen) atoms. The minimum absolute atomic E-state index is 0.0683. The highest BCUT2D eigenvalue weighted by Gasteiger charge is 2.16. The first-order valence-corrected chi connectivity index (χ1v) is 7.44. The summed E-state index contributed by atoms with van der Waals surface area (Å²) in [4.78, 5) is 28.1. The zero-order chi connectivity index (χ0) is 16.3. The van der Waals surface area contributed by atoms with Crippen LogP contribution in [0.1, 0.15) is 39.7 Å². The van der Waals surface area contributed by atoms with E-state index < -0.39 is 0 Å². The van der Waals surface area contributed by atoms with Crippen LogP contribution in [0.25, 0.3) is 0 Å². The van der Waals surface area contributed by atoms with E-state index >= 15 is 0 Å². The first-order chi connectivity index (χ1) is 10.5. The molecule has 0 saturated heterocycles. The lowest BCUT2D eigenvalue weighted by Gasteiger charge is -2.21. The second-order valence-corrected chi connectivity index (χ2v) is 5.67. The minimum atomic E-state index is -0.0683. The molecule has 0 unspecified atom stereocenters. The highest BCUT2D eigenvalue weighted by atomic mass is 16.1. The number of H-pyrrole nitrogens is 1. The Labute approximate surface area is 130 Å². The number of benzene rings is 1. The molecule has 0 bridgehead atoms. The molecule has 116 valence electrons. The first kappa shape index (κ1) is 16.0. The molecule has 2 aromatic rings. The number of carbonyl (C=O) groups is 1. The summed E-state index contributed by atoms with van der Waals surface area (Å²) in [7, 11) is 3.76. The number of nitrogens with zero attached hydrogens (tertiary/aromatic N) is 1. The molecule has 1 heterocycles. The number of pyridine rings is 1. The number of aromatic amines is 1.